The Hall–Kier alpha value is -0.410. The molecule has 2 nitrogen and oxygen atoms in total. The van der Waals surface area contributed by atoms with Crippen LogP contribution in [0.1, 0.15) is 55.6 Å². The summed E-state index contributed by atoms with van der Waals surface area (Å²) in [5.74, 6) is 2.35. The number of thiazole rings is 1. The van der Waals surface area contributed by atoms with E-state index in [2.05, 4.69) is 33.0 Å². The lowest BCUT2D eigenvalue weighted by molar-refractivity contribution is 0.553. The van der Waals surface area contributed by atoms with Crippen molar-refractivity contribution in [3.63, 3.8) is 0 Å². The molecule has 17 heavy (non-hydrogen) atoms. The summed E-state index contributed by atoms with van der Waals surface area (Å²) >= 11 is 1.94. The second-order valence-electron chi connectivity index (χ2n) is 5.62. The maximum absolute atomic E-state index is 4.82. The SMILES string of the molecule is CCc1nc(C2CC2C)sc1CNCC(C)C. The number of hydrogen-bond acceptors (Lipinski definition) is 3. The van der Waals surface area contributed by atoms with Crippen molar-refractivity contribution in [3.8, 4) is 0 Å². The van der Waals surface area contributed by atoms with Crippen molar-refractivity contribution >= 4 is 11.3 Å². The summed E-state index contributed by atoms with van der Waals surface area (Å²) in [5, 5.41) is 4.92. The van der Waals surface area contributed by atoms with Crippen molar-refractivity contribution in [1.82, 2.24) is 10.3 Å². The van der Waals surface area contributed by atoms with Crippen LogP contribution < -0.4 is 5.32 Å². The highest BCUT2D eigenvalue weighted by atomic mass is 32.1. The molecule has 1 aromatic heterocycles. The number of nitrogens with zero attached hydrogens (tertiary/aromatic N) is 1. The molecular formula is C14H24N2S. The molecule has 1 fully saturated rings. The molecule has 1 aromatic rings. The van der Waals surface area contributed by atoms with E-state index in [1.165, 1.54) is 22.0 Å². The first-order valence-electron chi connectivity index (χ1n) is 6.81. The van der Waals surface area contributed by atoms with Gasteiger partial charge in [-0.2, -0.15) is 0 Å². The van der Waals surface area contributed by atoms with E-state index in [1.807, 2.05) is 11.3 Å². The van der Waals surface area contributed by atoms with E-state index in [-0.39, 0.29) is 0 Å². The maximum Gasteiger partial charge on any atom is 0.0965 e. The monoisotopic (exact) mass is 252 g/mol. The zero-order valence-electron chi connectivity index (χ0n) is 11.4. The largest absolute Gasteiger partial charge is 0.312 e. The van der Waals surface area contributed by atoms with Crippen LogP contribution in [-0.4, -0.2) is 11.5 Å². The molecule has 96 valence electrons. The molecule has 1 aliphatic carbocycles. The molecule has 0 bridgehead atoms. The van der Waals surface area contributed by atoms with E-state index >= 15 is 0 Å². The first-order valence-corrected chi connectivity index (χ1v) is 7.62. The van der Waals surface area contributed by atoms with Gasteiger partial charge in [-0.1, -0.05) is 27.7 Å². The number of hydrogen-bond donors (Lipinski definition) is 1. The number of rotatable bonds is 6. The second-order valence-corrected chi connectivity index (χ2v) is 6.73. The minimum absolute atomic E-state index is 0.718. The summed E-state index contributed by atoms with van der Waals surface area (Å²) in [5.41, 5.74) is 1.32. The van der Waals surface area contributed by atoms with Gasteiger partial charge in [-0.25, -0.2) is 4.98 Å². The van der Waals surface area contributed by atoms with Crippen LogP contribution in [0.5, 0.6) is 0 Å². The molecule has 1 aliphatic rings. The number of aromatic nitrogens is 1. The van der Waals surface area contributed by atoms with Crippen molar-refractivity contribution in [2.75, 3.05) is 6.54 Å². The molecule has 0 spiro atoms. The molecule has 0 amide bonds. The minimum atomic E-state index is 0.718. The van der Waals surface area contributed by atoms with Gasteiger partial charge < -0.3 is 5.32 Å². The first kappa shape index (κ1) is 13.0. The molecule has 2 unspecified atom stereocenters. The van der Waals surface area contributed by atoms with Gasteiger partial charge in [0, 0.05) is 17.3 Å². The molecule has 3 heteroatoms. The molecule has 2 atom stereocenters. The van der Waals surface area contributed by atoms with Gasteiger partial charge in [-0.15, -0.1) is 11.3 Å². The number of nitrogens with one attached hydrogen (secondary N) is 1. The van der Waals surface area contributed by atoms with Crippen LogP contribution in [0.15, 0.2) is 0 Å². The predicted octanol–water partition coefficient (Wildman–Crippen LogP) is 3.57. The summed E-state index contributed by atoms with van der Waals surface area (Å²) < 4.78 is 0. The molecule has 1 saturated carbocycles. The fraction of sp³-hybridized carbons (Fsp3) is 0.786. The van der Waals surface area contributed by atoms with E-state index in [0.29, 0.717) is 0 Å². The minimum Gasteiger partial charge on any atom is -0.312 e. The first-order chi connectivity index (χ1) is 8.11. The van der Waals surface area contributed by atoms with Crippen molar-refractivity contribution in [1.29, 1.82) is 0 Å². The van der Waals surface area contributed by atoms with E-state index in [0.717, 1.165) is 37.3 Å². The summed E-state index contributed by atoms with van der Waals surface area (Å²) in [6.07, 6.45) is 2.41. The van der Waals surface area contributed by atoms with Gasteiger partial charge in [0.05, 0.1) is 10.7 Å². The molecule has 0 radical (unpaired) electrons. The Morgan fingerprint density at radius 1 is 1.47 bits per heavy atom. The van der Waals surface area contributed by atoms with Gasteiger partial charge in [0.25, 0.3) is 0 Å². The number of aryl methyl sites for hydroxylation is 1. The zero-order chi connectivity index (χ0) is 12.4. The fourth-order valence-corrected chi connectivity index (χ4v) is 3.49. The normalized spacial score (nSPS) is 23.4. The van der Waals surface area contributed by atoms with Crippen molar-refractivity contribution in [3.05, 3.63) is 15.6 Å². The average Bonchev–Trinajstić information content (AvgIpc) is 2.87. The summed E-state index contributed by atoms with van der Waals surface area (Å²) in [6.45, 7) is 11.1. The second kappa shape index (κ2) is 5.49. The highest BCUT2D eigenvalue weighted by molar-refractivity contribution is 7.11. The Morgan fingerprint density at radius 2 is 2.18 bits per heavy atom. The summed E-state index contributed by atoms with van der Waals surface area (Å²) in [4.78, 5) is 6.28. The van der Waals surface area contributed by atoms with Crippen LogP contribution in [0.2, 0.25) is 0 Å². The molecule has 1 N–H and O–H groups in total. The highest BCUT2D eigenvalue weighted by Gasteiger charge is 2.36. The van der Waals surface area contributed by atoms with Crippen LogP contribution in [0.25, 0.3) is 0 Å². The predicted molar refractivity (Wildman–Crippen MR) is 74.6 cm³/mol. The van der Waals surface area contributed by atoms with E-state index in [4.69, 9.17) is 4.98 Å². The van der Waals surface area contributed by atoms with Gasteiger partial charge >= 0.3 is 0 Å². The Balaban J connectivity index is 1.97. The Kier molecular flexibility index (Phi) is 4.21. The zero-order valence-corrected chi connectivity index (χ0v) is 12.2. The molecule has 0 aromatic carbocycles. The van der Waals surface area contributed by atoms with E-state index in [9.17, 15) is 0 Å². The summed E-state index contributed by atoms with van der Waals surface area (Å²) in [7, 11) is 0. The van der Waals surface area contributed by atoms with Crippen LogP contribution in [-0.2, 0) is 13.0 Å². The molecule has 0 saturated heterocycles. The van der Waals surface area contributed by atoms with Crippen molar-refractivity contribution in [2.45, 2.75) is 53.0 Å². The fourth-order valence-electron chi connectivity index (χ4n) is 2.12. The Morgan fingerprint density at radius 3 is 2.71 bits per heavy atom. The van der Waals surface area contributed by atoms with Gasteiger partial charge in [0.1, 0.15) is 0 Å². The van der Waals surface area contributed by atoms with Gasteiger partial charge in [0.2, 0.25) is 0 Å². The van der Waals surface area contributed by atoms with Crippen molar-refractivity contribution in [2.24, 2.45) is 11.8 Å². The van der Waals surface area contributed by atoms with E-state index in [1.54, 1.807) is 0 Å². The lowest BCUT2D eigenvalue weighted by Gasteiger charge is -2.06. The third-order valence-electron chi connectivity index (χ3n) is 3.39. The molecule has 2 rings (SSSR count). The van der Waals surface area contributed by atoms with Crippen LogP contribution in [0.3, 0.4) is 0 Å². The topological polar surface area (TPSA) is 24.9 Å². The maximum atomic E-state index is 4.82. The smallest absolute Gasteiger partial charge is 0.0965 e. The molecule has 1 heterocycles. The van der Waals surface area contributed by atoms with Crippen LogP contribution in [0, 0.1) is 11.8 Å². The third kappa shape index (κ3) is 3.29. The van der Waals surface area contributed by atoms with Crippen LogP contribution in [0.4, 0.5) is 0 Å². The van der Waals surface area contributed by atoms with Gasteiger partial charge in [-0.05, 0) is 31.2 Å². The van der Waals surface area contributed by atoms with E-state index < -0.39 is 0 Å². The average molecular weight is 252 g/mol. The van der Waals surface area contributed by atoms with Crippen molar-refractivity contribution < 1.29 is 0 Å². The third-order valence-corrected chi connectivity index (χ3v) is 4.62. The van der Waals surface area contributed by atoms with Gasteiger partial charge in [-0.3, -0.25) is 0 Å². The molecular weight excluding hydrogens is 228 g/mol. The molecule has 0 aliphatic heterocycles. The van der Waals surface area contributed by atoms with Gasteiger partial charge in [0.15, 0.2) is 0 Å². The Bertz CT molecular complexity index is 370. The standard InChI is InChI=1S/C14H24N2S/c1-5-12-13(8-15-7-9(2)3)17-14(16-12)11-6-10(11)4/h9-11,15H,5-8H2,1-4H3. The van der Waals surface area contributed by atoms with Crippen LogP contribution >= 0.6 is 11.3 Å². The quantitative estimate of drug-likeness (QED) is 0.837. The highest BCUT2D eigenvalue weighted by Crippen LogP contribution is 2.48. The lowest BCUT2D eigenvalue weighted by Crippen LogP contribution is -2.18. The lowest BCUT2D eigenvalue weighted by atomic mass is 10.2. The Labute approximate surface area is 109 Å². The summed E-state index contributed by atoms with van der Waals surface area (Å²) in [6, 6.07) is 0.